The molecular formula is C4H6O4. The molecule has 1 heterocycles. The SMILES string of the molecule is CO[C@@H]1O[C@H]1C(=O)O. The highest BCUT2D eigenvalue weighted by Gasteiger charge is 2.45. The van der Waals surface area contributed by atoms with Crippen LogP contribution in [0, 0.1) is 0 Å². The Balaban J connectivity index is 2.26. The van der Waals surface area contributed by atoms with Crippen LogP contribution in [0.3, 0.4) is 0 Å². The van der Waals surface area contributed by atoms with E-state index in [1.54, 1.807) is 0 Å². The van der Waals surface area contributed by atoms with E-state index in [0.29, 0.717) is 0 Å². The smallest absolute Gasteiger partial charge is 0.338 e. The van der Waals surface area contributed by atoms with Gasteiger partial charge in [-0.1, -0.05) is 0 Å². The molecule has 2 atom stereocenters. The number of epoxide rings is 1. The van der Waals surface area contributed by atoms with Crippen molar-refractivity contribution in [3.63, 3.8) is 0 Å². The number of aliphatic carboxylic acids is 1. The fourth-order valence-electron chi connectivity index (χ4n) is 0.453. The summed E-state index contributed by atoms with van der Waals surface area (Å²) in [6.45, 7) is 0. The Morgan fingerprint density at radius 3 is 2.62 bits per heavy atom. The van der Waals surface area contributed by atoms with Crippen molar-refractivity contribution in [2.75, 3.05) is 7.11 Å². The summed E-state index contributed by atoms with van der Waals surface area (Å²) in [5.41, 5.74) is 0. The number of carboxylic acids is 1. The second-order valence-electron chi connectivity index (χ2n) is 1.50. The molecule has 1 fully saturated rings. The lowest BCUT2D eigenvalue weighted by molar-refractivity contribution is -0.138. The van der Waals surface area contributed by atoms with Crippen molar-refractivity contribution in [3.8, 4) is 0 Å². The Labute approximate surface area is 46.0 Å². The highest BCUT2D eigenvalue weighted by molar-refractivity contribution is 5.75. The molecular weight excluding hydrogens is 112 g/mol. The minimum atomic E-state index is -0.961. The van der Waals surface area contributed by atoms with E-state index >= 15 is 0 Å². The minimum absolute atomic E-state index is 0.507. The topological polar surface area (TPSA) is 59.1 Å². The first-order chi connectivity index (χ1) is 3.75. The summed E-state index contributed by atoms with van der Waals surface area (Å²) < 4.78 is 9.04. The third kappa shape index (κ3) is 0.801. The molecule has 1 aliphatic heterocycles. The van der Waals surface area contributed by atoms with Gasteiger partial charge in [-0.05, 0) is 0 Å². The molecule has 0 aromatic carbocycles. The van der Waals surface area contributed by atoms with Gasteiger partial charge in [0.25, 0.3) is 0 Å². The predicted octanol–water partition coefficient (Wildman–Crippen LogP) is -0.558. The summed E-state index contributed by atoms with van der Waals surface area (Å²) in [6, 6.07) is 0. The van der Waals surface area contributed by atoms with Crippen molar-refractivity contribution < 1.29 is 19.4 Å². The Kier molecular flexibility index (Phi) is 1.19. The summed E-state index contributed by atoms with van der Waals surface area (Å²) in [5, 5.41) is 8.15. The molecule has 0 aromatic rings. The molecule has 0 amide bonds. The molecule has 0 unspecified atom stereocenters. The molecule has 0 saturated carbocycles. The second-order valence-corrected chi connectivity index (χ2v) is 1.50. The van der Waals surface area contributed by atoms with Crippen molar-refractivity contribution in [1.29, 1.82) is 0 Å². The van der Waals surface area contributed by atoms with Crippen molar-refractivity contribution in [2.24, 2.45) is 0 Å². The van der Waals surface area contributed by atoms with Gasteiger partial charge in [-0.15, -0.1) is 0 Å². The number of carbonyl (C=O) groups is 1. The van der Waals surface area contributed by atoms with Crippen LogP contribution in [0.1, 0.15) is 0 Å². The van der Waals surface area contributed by atoms with E-state index in [9.17, 15) is 4.79 Å². The lowest BCUT2D eigenvalue weighted by Gasteiger charge is -1.81. The number of rotatable bonds is 2. The summed E-state index contributed by atoms with van der Waals surface area (Å²) in [7, 11) is 1.41. The van der Waals surface area contributed by atoms with Crippen LogP contribution < -0.4 is 0 Å². The van der Waals surface area contributed by atoms with Gasteiger partial charge < -0.3 is 14.6 Å². The molecule has 4 heteroatoms. The maximum atomic E-state index is 9.93. The van der Waals surface area contributed by atoms with Crippen LogP contribution in [0.2, 0.25) is 0 Å². The van der Waals surface area contributed by atoms with Gasteiger partial charge in [0.15, 0.2) is 6.29 Å². The van der Waals surface area contributed by atoms with Crippen LogP contribution in [0.15, 0.2) is 0 Å². The van der Waals surface area contributed by atoms with Gasteiger partial charge in [-0.2, -0.15) is 0 Å². The van der Waals surface area contributed by atoms with Crippen LogP contribution >= 0.6 is 0 Å². The standard InChI is InChI=1S/C4H6O4/c1-7-4-2(8-4)3(5)6/h2,4H,1H3,(H,5,6)/t2-,4+/m0/s1. The van der Waals surface area contributed by atoms with Gasteiger partial charge in [0.1, 0.15) is 0 Å². The Morgan fingerprint density at radius 1 is 1.88 bits per heavy atom. The molecule has 1 N–H and O–H groups in total. The van der Waals surface area contributed by atoms with Crippen LogP contribution in [0.4, 0.5) is 0 Å². The van der Waals surface area contributed by atoms with Crippen LogP contribution in [0.5, 0.6) is 0 Å². The van der Waals surface area contributed by atoms with E-state index in [4.69, 9.17) is 5.11 Å². The van der Waals surface area contributed by atoms with E-state index in [1.807, 2.05) is 0 Å². The zero-order chi connectivity index (χ0) is 6.15. The lowest BCUT2D eigenvalue weighted by atomic mass is 10.5. The van der Waals surface area contributed by atoms with Gasteiger partial charge in [-0.3, -0.25) is 0 Å². The average molecular weight is 118 g/mol. The fraction of sp³-hybridized carbons (Fsp3) is 0.750. The predicted molar refractivity (Wildman–Crippen MR) is 23.3 cm³/mol. The summed E-state index contributed by atoms with van der Waals surface area (Å²) in [6.07, 6.45) is -1.23. The van der Waals surface area contributed by atoms with E-state index in [0.717, 1.165) is 0 Å². The first-order valence-electron chi connectivity index (χ1n) is 2.17. The maximum absolute atomic E-state index is 9.93. The van der Waals surface area contributed by atoms with Crippen molar-refractivity contribution in [1.82, 2.24) is 0 Å². The second kappa shape index (κ2) is 1.72. The van der Waals surface area contributed by atoms with Gasteiger partial charge in [0.2, 0.25) is 6.10 Å². The molecule has 1 saturated heterocycles. The molecule has 8 heavy (non-hydrogen) atoms. The van der Waals surface area contributed by atoms with E-state index in [-0.39, 0.29) is 0 Å². The van der Waals surface area contributed by atoms with Crippen LogP contribution in [-0.4, -0.2) is 30.6 Å². The third-order valence-corrected chi connectivity index (χ3v) is 0.927. The first-order valence-corrected chi connectivity index (χ1v) is 2.17. The highest BCUT2D eigenvalue weighted by Crippen LogP contribution is 2.21. The van der Waals surface area contributed by atoms with Gasteiger partial charge in [-0.25, -0.2) is 4.79 Å². The lowest BCUT2D eigenvalue weighted by Crippen LogP contribution is -2.08. The molecule has 1 rings (SSSR count). The van der Waals surface area contributed by atoms with Crippen LogP contribution in [-0.2, 0) is 14.3 Å². The monoisotopic (exact) mass is 118 g/mol. The summed E-state index contributed by atoms with van der Waals surface area (Å²) in [5.74, 6) is -0.961. The normalized spacial score (nSPS) is 34.6. The molecule has 0 spiro atoms. The third-order valence-electron chi connectivity index (χ3n) is 0.927. The molecule has 0 aliphatic carbocycles. The quantitative estimate of drug-likeness (QED) is 0.494. The molecule has 0 bridgehead atoms. The summed E-state index contributed by atoms with van der Waals surface area (Å²) in [4.78, 5) is 9.93. The minimum Gasteiger partial charge on any atom is -0.479 e. The molecule has 1 aliphatic rings. The summed E-state index contributed by atoms with van der Waals surface area (Å²) >= 11 is 0. The zero-order valence-corrected chi connectivity index (χ0v) is 4.33. The van der Waals surface area contributed by atoms with Crippen molar-refractivity contribution in [3.05, 3.63) is 0 Å². The first kappa shape index (κ1) is 5.53. The van der Waals surface area contributed by atoms with E-state index < -0.39 is 18.4 Å². The highest BCUT2D eigenvalue weighted by atomic mass is 16.8. The van der Waals surface area contributed by atoms with Crippen LogP contribution in [0.25, 0.3) is 0 Å². The largest absolute Gasteiger partial charge is 0.479 e. The number of carboxylic acid groups (broad SMARTS) is 1. The van der Waals surface area contributed by atoms with E-state index in [2.05, 4.69) is 9.47 Å². The molecule has 4 nitrogen and oxygen atoms in total. The van der Waals surface area contributed by atoms with E-state index in [1.165, 1.54) is 7.11 Å². The van der Waals surface area contributed by atoms with Crippen molar-refractivity contribution >= 4 is 5.97 Å². The van der Waals surface area contributed by atoms with Gasteiger partial charge in [0, 0.05) is 7.11 Å². The average Bonchev–Trinajstić information content (AvgIpc) is 2.42. The maximum Gasteiger partial charge on any atom is 0.338 e. The Bertz CT molecular complexity index is 111. The Hall–Kier alpha value is -0.610. The number of methoxy groups -OCH3 is 1. The van der Waals surface area contributed by atoms with Gasteiger partial charge in [0.05, 0.1) is 0 Å². The van der Waals surface area contributed by atoms with Gasteiger partial charge >= 0.3 is 5.97 Å². The Morgan fingerprint density at radius 2 is 2.50 bits per heavy atom. The molecule has 46 valence electrons. The number of hydrogen-bond acceptors (Lipinski definition) is 3. The molecule has 0 radical (unpaired) electrons. The van der Waals surface area contributed by atoms with Crippen molar-refractivity contribution in [2.45, 2.75) is 12.4 Å². The molecule has 0 aromatic heterocycles. The number of ether oxygens (including phenoxy) is 2. The zero-order valence-electron chi connectivity index (χ0n) is 4.33. The number of hydrogen-bond donors (Lipinski definition) is 1. The fourth-order valence-corrected chi connectivity index (χ4v) is 0.453.